The molecule has 1 aliphatic heterocycles. The number of carbonyl (C=O) groups is 1. The van der Waals surface area contributed by atoms with Crippen molar-refractivity contribution in [1.29, 1.82) is 0 Å². The van der Waals surface area contributed by atoms with Crippen LogP contribution < -0.4 is 20.3 Å². The highest BCUT2D eigenvalue weighted by molar-refractivity contribution is 7.14. The quantitative estimate of drug-likeness (QED) is 0.744. The van der Waals surface area contributed by atoms with E-state index in [0.717, 1.165) is 36.9 Å². The molecule has 0 bridgehead atoms. The van der Waals surface area contributed by atoms with Gasteiger partial charge >= 0.3 is 0 Å². The first-order valence-electron chi connectivity index (χ1n) is 7.95. The normalized spacial score (nSPS) is 16.2. The number of ether oxygens (including phenoxy) is 1. The maximum absolute atomic E-state index is 11.7. The van der Waals surface area contributed by atoms with Gasteiger partial charge in [0.15, 0.2) is 5.13 Å². The molecule has 1 aliphatic rings. The van der Waals surface area contributed by atoms with E-state index < -0.39 is 0 Å². The minimum absolute atomic E-state index is 0. The number of thiazole rings is 1. The summed E-state index contributed by atoms with van der Waals surface area (Å²) in [7, 11) is 1.62. The summed E-state index contributed by atoms with van der Waals surface area (Å²) in [6, 6.07) is 4.05. The third-order valence-corrected chi connectivity index (χ3v) is 4.78. The topological polar surface area (TPSA) is 79.4 Å². The Balaban J connectivity index is 0.00000169. The zero-order chi connectivity index (χ0) is 16.8. The lowest BCUT2D eigenvalue weighted by Gasteiger charge is -2.36. The van der Waals surface area contributed by atoms with Crippen LogP contribution in [0.15, 0.2) is 29.9 Å². The second-order valence-electron chi connectivity index (χ2n) is 5.47. The van der Waals surface area contributed by atoms with E-state index in [2.05, 4.69) is 25.5 Å². The van der Waals surface area contributed by atoms with Gasteiger partial charge in [0.2, 0.25) is 0 Å². The molecular formula is C16H23Cl2N5O2S. The molecule has 0 saturated carbocycles. The zero-order valence-corrected chi connectivity index (χ0v) is 16.8. The molecule has 3 rings (SSSR count). The van der Waals surface area contributed by atoms with E-state index in [9.17, 15) is 4.79 Å². The smallest absolute Gasteiger partial charge is 0.270 e. The first-order valence-corrected chi connectivity index (χ1v) is 8.83. The molecule has 0 spiro atoms. The number of amides is 1. The van der Waals surface area contributed by atoms with Gasteiger partial charge in [-0.2, -0.15) is 0 Å². The molecule has 2 N–H and O–H groups in total. The van der Waals surface area contributed by atoms with Crippen molar-refractivity contribution in [3.05, 3.63) is 35.6 Å². The number of nitrogens with zero attached hydrogens (tertiary/aromatic N) is 3. The third-order valence-electron chi connectivity index (χ3n) is 3.90. The van der Waals surface area contributed by atoms with Gasteiger partial charge in [-0.05, 0) is 12.1 Å². The van der Waals surface area contributed by atoms with E-state index in [1.54, 1.807) is 24.8 Å². The molecule has 3 heterocycles. The van der Waals surface area contributed by atoms with Crippen molar-refractivity contribution in [3.8, 4) is 5.75 Å². The van der Waals surface area contributed by atoms with Crippen LogP contribution in [0.25, 0.3) is 0 Å². The minimum atomic E-state index is -0.149. The number of nitrogens with one attached hydrogen (secondary N) is 2. The average molecular weight is 420 g/mol. The van der Waals surface area contributed by atoms with Crippen LogP contribution in [0.5, 0.6) is 5.75 Å². The van der Waals surface area contributed by atoms with E-state index in [4.69, 9.17) is 4.74 Å². The summed E-state index contributed by atoms with van der Waals surface area (Å²) in [5, 5.41) is 8.72. The Morgan fingerprint density at radius 1 is 1.50 bits per heavy atom. The zero-order valence-electron chi connectivity index (χ0n) is 14.4. The fourth-order valence-corrected chi connectivity index (χ4v) is 3.55. The predicted octanol–water partition coefficient (Wildman–Crippen LogP) is 1.99. The summed E-state index contributed by atoms with van der Waals surface area (Å²) >= 11 is 1.51. The molecular weight excluding hydrogens is 397 g/mol. The highest BCUT2D eigenvalue weighted by Crippen LogP contribution is 2.24. The van der Waals surface area contributed by atoms with E-state index in [0.29, 0.717) is 18.3 Å². The highest BCUT2D eigenvalue weighted by atomic mass is 35.5. The Kier molecular flexibility index (Phi) is 9.64. The molecule has 144 valence electrons. The maximum atomic E-state index is 11.7. The molecule has 0 radical (unpaired) electrons. The Morgan fingerprint density at radius 3 is 3.08 bits per heavy atom. The van der Waals surface area contributed by atoms with Crippen LogP contribution in [0, 0.1) is 0 Å². The van der Waals surface area contributed by atoms with Crippen molar-refractivity contribution in [2.75, 3.05) is 38.2 Å². The van der Waals surface area contributed by atoms with Gasteiger partial charge < -0.3 is 20.3 Å². The van der Waals surface area contributed by atoms with Gasteiger partial charge in [-0.3, -0.25) is 9.78 Å². The molecule has 1 saturated heterocycles. The lowest BCUT2D eigenvalue weighted by atomic mass is 10.1. The van der Waals surface area contributed by atoms with Crippen molar-refractivity contribution in [2.24, 2.45) is 0 Å². The lowest BCUT2D eigenvalue weighted by Crippen LogP contribution is -2.52. The summed E-state index contributed by atoms with van der Waals surface area (Å²) in [6.45, 7) is 3.28. The summed E-state index contributed by atoms with van der Waals surface area (Å²) in [5.41, 5.74) is 0.474. The molecule has 0 aliphatic carbocycles. The van der Waals surface area contributed by atoms with Crippen LogP contribution >= 0.6 is 36.2 Å². The van der Waals surface area contributed by atoms with Gasteiger partial charge in [0.1, 0.15) is 11.4 Å². The third kappa shape index (κ3) is 5.70. The fraction of sp³-hybridized carbons (Fsp3) is 0.438. The van der Waals surface area contributed by atoms with E-state index in [1.165, 1.54) is 11.3 Å². The molecule has 1 fully saturated rings. The largest absolute Gasteiger partial charge is 0.492 e. The number of halogens is 2. The van der Waals surface area contributed by atoms with Gasteiger partial charge in [-0.15, -0.1) is 36.2 Å². The van der Waals surface area contributed by atoms with Crippen LogP contribution in [0.4, 0.5) is 5.13 Å². The second kappa shape index (κ2) is 11.2. The molecule has 1 unspecified atom stereocenters. The molecule has 1 amide bonds. The Labute approximate surface area is 169 Å². The lowest BCUT2D eigenvalue weighted by molar-refractivity contribution is 0.0959. The van der Waals surface area contributed by atoms with Crippen LogP contribution in [0.1, 0.15) is 16.9 Å². The van der Waals surface area contributed by atoms with Crippen molar-refractivity contribution >= 4 is 47.2 Å². The van der Waals surface area contributed by atoms with E-state index in [1.807, 2.05) is 12.1 Å². The number of aromatic nitrogens is 2. The Bertz CT molecular complexity index is 674. The Morgan fingerprint density at radius 2 is 2.35 bits per heavy atom. The standard InChI is InChI=1S/C16H21N5O2S.2ClH/c1-17-15(22)14-11-24-16(20-14)21-7-6-19-9-12(21)4-8-23-13-3-2-5-18-10-13;;/h2-3,5,10-12,19H,4,6-9H2,1H3,(H,17,22);2*1H. The van der Waals surface area contributed by atoms with Crippen molar-refractivity contribution in [1.82, 2.24) is 20.6 Å². The van der Waals surface area contributed by atoms with Crippen LogP contribution in [0.2, 0.25) is 0 Å². The number of hydrogen-bond donors (Lipinski definition) is 2. The molecule has 2 aromatic rings. The average Bonchev–Trinajstić information content (AvgIpc) is 3.12. The minimum Gasteiger partial charge on any atom is -0.492 e. The summed E-state index contributed by atoms with van der Waals surface area (Å²) in [6.07, 6.45) is 4.32. The van der Waals surface area contributed by atoms with Crippen LogP contribution in [-0.2, 0) is 0 Å². The molecule has 10 heteroatoms. The molecule has 0 aromatic carbocycles. The second-order valence-corrected chi connectivity index (χ2v) is 6.31. The highest BCUT2D eigenvalue weighted by Gasteiger charge is 2.25. The SMILES string of the molecule is CNC(=O)c1csc(N2CCNCC2CCOc2cccnc2)n1.Cl.Cl. The number of anilines is 1. The predicted molar refractivity (Wildman–Crippen MR) is 108 cm³/mol. The van der Waals surface area contributed by atoms with Crippen LogP contribution in [0.3, 0.4) is 0 Å². The summed E-state index contributed by atoms with van der Waals surface area (Å²) in [5.74, 6) is 0.632. The Hall–Kier alpha value is -1.61. The van der Waals surface area contributed by atoms with Gasteiger partial charge in [0, 0.05) is 50.7 Å². The summed E-state index contributed by atoms with van der Waals surface area (Å²) < 4.78 is 5.76. The van der Waals surface area contributed by atoms with Gasteiger partial charge in [0.25, 0.3) is 5.91 Å². The molecule has 26 heavy (non-hydrogen) atoms. The van der Waals surface area contributed by atoms with Gasteiger partial charge in [0.05, 0.1) is 12.8 Å². The molecule has 1 atom stereocenters. The summed E-state index contributed by atoms with van der Waals surface area (Å²) in [4.78, 5) is 22.5. The first kappa shape index (κ1) is 22.4. The van der Waals surface area contributed by atoms with Gasteiger partial charge in [-0.1, -0.05) is 0 Å². The number of pyridine rings is 1. The maximum Gasteiger partial charge on any atom is 0.270 e. The number of piperazine rings is 1. The molecule has 2 aromatic heterocycles. The van der Waals surface area contributed by atoms with E-state index in [-0.39, 0.29) is 30.7 Å². The molecule has 7 nitrogen and oxygen atoms in total. The van der Waals surface area contributed by atoms with Gasteiger partial charge in [-0.25, -0.2) is 4.98 Å². The number of rotatable bonds is 6. The fourth-order valence-electron chi connectivity index (χ4n) is 2.64. The van der Waals surface area contributed by atoms with E-state index >= 15 is 0 Å². The van der Waals surface area contributed by atoms with Crippen molar-refractivity contribution in [2.45, 2.75) is 12.5 Å². The first-order chi connectivity index (χ1) is 11.8. The number of carbonyl (C=O) groups excluding carboxylic acids is 1. The van der Waals surface area contributed by atoms with Crippen LogP contribution in [-0.4, -0.2) is 55.2 Å². The number of hydrogen-bond acceptors (Lipinski definition) is 7. The van der Waals surface area contributed by atoms with Crippen molar-refractivity contribution in [3.63, 3.8) is 0 Å². The monoisotopic (exact) mass is 419 g/mol. The van der Waals surface area contributed by atoms with Crippen molar-refractivity contribution < 1.29 is 9.53 Å².